The molecule has 2 heterocycles. The smallest absolute Gasteiger partial charge is 0.162 e. The molecule has 0 saturated carbocycles. The van der Waals surface area contributed by atoms with Crippen molar-refractivity contribution in [2.75, 3.05) is 7.05 Å². The van der Waals surface area contributed by atoms with Gasteiger partial charge in [0.25, 0.3) is 0 Å². The second kappa shape index (κ2) is 9.29. The molecule has 42 heavy (non-hydrogen) atoms. The second-order valence-electron chi connectivity index (χ2n) is 14.4. The highest BCUT2D eigenvalue weighted by atomic mass is 16.1. The number of hydrogen-bond acceptors (Lipinski definition) is 3. The zero-order valence-corrected chi connectivity index (χ0v) is 25.7. The van der Waals surface area contributed by atoms with Crippen LogP contribution in [0.2, 0.25) is 0 Å². The third-order valence-corrected chi connectivity index (χ3v) is 9.91. The fourth-order valence-electron chi connectivity index (χ4n) is 7.94. The van der Waals surface area contributed by atoms with Gasteiger partial charge in [0, 0.05) is 72.0 Å². The van der Waals surface area contributed by atoms with Crippen molar-refractivity contribution in [1.82, 2.24) is 9.47 Å². The maximum absolute atomic E-state index is 14.1. The van der Waals surface area contributed by atoms with E-state index >= 15 is 0 Å². The van der Waals surface area contributed by atoms with E-state index in [1.54, 1.807) is 0 Å². The third-order valence-electron chi connectivity index (χ3n) is 9.91. The minimum absolute atomic E-state index is 0.110. The lowest BCUT2D eigenvalue weighted by molar-refractivity contribution is -0.119. The molecule has 7 rings (SSSR count). The Balaban J connectivity index is 1.47. The van der Waals surface area contributed by atoms with Crippen LogP contribution in [0.4, 0.5) is 0 Å². The number of hydrogen-bond donors (Lipinski definition) is 0. The van der Waals surface area contributed by atoms with Gasteiger partial charge in [-0.15, -0.1) is 0 Å². The second-order valence-corrected chi connectivity index (χ2v) is 14.4. The normalized spacial score (nSPS) is 20.5. The van der Waals surface area contributed by atoms with Gasteiger partial charge in [0.15, 0.2) is 11.6 Å². The number of Topliss-reactive ketones (excluding diaryl/α,β-unsaturated/α-hetero) is 2. The summed E-state index contributed by atoms with van der Waals surface area (Å²) in [5, 5.41) is 3.62. The molecule has 0 amide bonds. The van der Waals surface area contributed by atoms with E-state index in [0.717, 1.165) is 58.4 Å². The van der Waals surface area contributed by atoms with E-state index in [1.165, 1.54) is 21.9 Å². The quantitative estimate of drug-likeness (QED) is 0.254. The number of fused-ring (bicyclic) bond motifs is 2. The highest BCUT2D eigenvalue weighted by Gasteiger charge is 2.48. The number of carbonyl (C=O) groups is 2. The summed E-state index contributed by atoms with van der Waals surface area (Å²) in [5.41, 5.74) is 8.45. The molecule has 0 bridgehead atoms. The molecule has 0 saturated heterocycles. The number of ketones is 2. The average Bonchev–Trinajstić information content (AvgIpc) is 3.28. The Labute approximate surface area is 248 Å². The highest BCUT2D eigenvalue weighted by molar-refractivity contribution is 6.08. The lowest BCUT2D eigenvalue weighted by Crippen LogP contribution is -2.43. The lowest BCUT2D eigenvalue weighted by Gasteiger charge is -2.47. The van der Waals surface area contributed by atoms with Crippen molar-refractivity contribution in [3.05, 3.63) is 106 Å². The Morgan fingerprint density at radius 3 is 1.95 bits per heavy atom. The van der Waals surface area contributed by atoms with Crippen LogP contribution < -0.4 is 0 Å². The minimum Gasteiger partial charge on any atom is -0.351 e. The van der Waals surface area contributed by atoms with Crippen molar-refractivity contribution >= 4 is 33.2 Å². The van der Waals surface area contributed by atoms with Gasteiger partial charge in [-0.3, -0.25) is 9.59 Å². The van der Waals surface area contributed by atoms with Crippen LogP contribution in [0.15, 0.2) is 89.4 Å². The van der Waals surface area contributed by atoms with Gasteiger partial charge in [-0.05, 0) is 64.1 Å². The molecule has 0 atom stereocenters. The van der Waals surface area contributed by atoms with Crippen LogP contribution in [0.3, 0.4) is 0 Å². The molecule has 4 aromatic rings. The minimum atomic E-state index is -0.335. The highest BCUT2D eigenvalue weighted by Crippen LogP contribution is 2.54. The van der Waals surface area contributed by atoms with Gasteiger partial charge in [0.2, 0.25) is 0 Å². The summed E-state index contributed by atoms with van der Waals surface area (Å²) in [7, 11) is 2.08. The number of nitrogens with zero attached hydrogens (tertiary/aromatic N) is 2. The largest absolute Gasteiger partial charge is 0.351 e. The van der Waals surface area contributed by atoms with E-state index in [1.807, 2.05) is 0 Å². The van der Waals surface area contributed by atoms with E-state index in [9.17, 15) is 9.59 Å². The average molecular weight is 557 g/mol. The molecule has 1 aliphatic heterocycles. The molecule has 1 aromatic heterocycles. The molecule has 0 N–H and O–H groups in total. The van der Waals surface area contributed by atoms with Crippen molar-refractivity contribution in [2.24, 2.45) is 10.8 Å². The standard InChI is InChI=1S/C38H40N2O2/c1-23-15-16-24-11-7-8-12-25(24)27(23)21-40-22-28(26-13-9-10-14-29(26)40)34-35-30(17-37(2,3)19-32(35)41)39(6)31-18-38(4,5)20-33(42)36(31)34/h7-16,22,34H,17-21H2,1-6H3. The first kappa shape index (κ1) is 26.9. The van der Waals surface area contributed by atoms with E-state index in [0.29, 0.717) is 12.8 Å². The summed E-state index contributed by atoms with van der Waals surface area (Å²) in [5.74, 6) is 0.0335. The van der Waals surface area contributed by atoms with Crippen LogP contribution in [0, 0.1) is 17.8 Å². The Hall–Kier alpha value is -3.92. The molecule has 214 valence electrons. The van der Waals surface area contributed by atoms with Gasteiger partial charge in [-0.2, -0.15) is 0 Å². The van der Waals surface area contributed by atoms with E-state index in [2.05, 4.69) is 118 Å². The molecule has 4 nitrogen and oxygen atoms in total. The van der Waals surface area contributed by atoms with Gasteiger partial charge in [0.05, 0.1) is 0 Å². The number of aryl methyl sites for hydroxylation is 1. The van der Waals surface area contributed by atoms with E-state index in [-0.39, 0.29) is 28.3 Å². The summed E-state index contributed by atoms with van der Waals surface area (Å²) in [4.78, 5) is 30.4. The van der Waals surface area contributed by atoms with Crippen LogP contribution in [-0.4, -0.2) is 28.1 Å². The van der Waals surface area contributed by atoms with Crippen molar-refractivity contribution in [3.63, 3.8) is 0 Å². The number of aromatic nitrogens is 1. The van der Waals surface area contributed by atoms with E-state index < -0.39 is 0 Å². The van der Waals surface area contributed by atoms with Crippen molar-refractivity contribution in [3.8, 4) is 0 Å². The molecule has 0 unspecified atom stereocenters. The molecule has 3 aromatic carbocycles. The third kappa shape index (κ3) is 4.18. The Bertz CT molecular complexity index is 1830. The molecule has 0 spiro atoms. The lowest BCUT2D eigenvalue weighted by atomic mass is 9.64. The van der Waals surface area contributed by atoms with Gasteiger partial charge >= 0.3 is 0 Å². The number of benzene rings is 3. The van der Waals surface area contributed by atoms with Gasteiger partial charge in [-0.1, -0.05) is 82.3 Å². The van der Waals surface area contributed by atoms with Crippen molar-refractivity contribution in [2.45, 2.75) is 72.8 Å². The predicted molar refractivity (Wildman–Crippen MR) is 170 cm³/mol. The Kier molecular flexibility index (Phi) is 5.96. The summed E-state index contributed by atoms with van der Waals surface area (Å²) in [6.07, 6.45) is 4.93. The van der Waals surface area contributed by atoms with Crippen LogP contribution in [-0.2, 0) is 16.1 Å². The first-order valence-electron chi connectivity index (χ1n) is 15.3. The van der Waals surface area contributed by atoms with Crippen LogP contribution in [0.1, 0.15) is 76.0 Å². The fraction of sp³-hybridized carbons (Fsp3) is 0.368. The summed E-state index contributed by atoms with van der Waals surface area (Å²) >= 11 is 0. The van der Waals surface area contributed by atoms with Gasteiger partial charge < -0.3 is 9.47 Å². The maximum Gasteiger partial charge on any atom is 0.162 e. The molecule has 2 aliphatic carbocycles. The predicted octanol–water partition coefficient (Wildman–Crippen LogP) is 8.47. The maximum atomic E-state index is 14.1. The zero-order chi connectivity index (χ0) is 29.6. The summed E-state index contributed by atoms with van der Waals surface area (Å²) in [6.45, 7) is 11.7. The first-order chi connectivity index (χ1) is 19.9. The Morgan fingerprint density at radius 2 is 1.31 bits per heavy atom. The number of para-hydroxylation sites is 1. The molecule has 0 fully saturated rings. The van der Waals surface area contributed by atoms with Gasteiger partial charge in [0.1, 0.15) is 0 Å². The summed E-state index contributed by atoms with van der Waals surface area (Å²) < 4.78 is 2.34. The first-order valence-corrected chi connectivity index (χ1v) is 15.3. The van der Waals surface area contributed by atoms with Gasteiger partial charge in [-0.25, -0.2) is 0 Å². The fourth-order valence-corrected chi connectivity index (χ4v) is 7.94. The van der Waals surface area contributed by atoms with E-state index in [4.69, 9.17) is 0 Å². The number of allylic oxidation sites excluding steroid dienone is 4. The topological polar surface area (TPSA) is 42.3 Å². The van der Waals surface area contributed by atoms with Crippen LogP contribution in [0.25, 0.3) is 21.7 Å². The molecular formula is C38H40N2O2. The monoisotopic (exact) mass is 556 g/mol. The zero-order valence-electron chi connectivity index (χ0n) is 25.7. The molecule has 4 heteroatoms. The van der Waals surface area contributed by atoms with Crippen LogP contribution >= 0.6 is 0 Å². The van der Waals surface area contributed by atoms with Crippen molar-refractivity contribution in [1.29, 1.82) is 0 Å². The molecular weight excluding hydrogens is 516 g/mol. The Morgan fingerprint density at radius 1 is 0.738 bits per heavy atom. The number of carbonyl (C=O) groups excluding carboxylic acids is 2. The molecule has 3 aliphatic rings. The number of rotatable bonds is 3. The van der Waals surface area contributed by atoms with Crippen molar-refractivity contribution < 1.29 is 9.59 Å². The SMILES string of the molecule is Cc1ccc2ccccc2c1Cn1cc(C2C3=C(CC(C)(C)CC3=O)N(C)C3=C2C(=O)CC(C)(C)C3)c2ccccc21. The molecule has 0 radical (unpaired) electrons. The van der Waals surface area contributed by atoms with Crippen LogP contribution in [0.5, 0.6) is 0 Å². The summed E-state index contributed by atoms with van der Waals surface area (Å²) in [6, 6.07) is 21.5.